The number of likely N-dealkylation sites (tertiary alicyclic amines) is 1. The van der Waals surface area contributed by atoms with Gasteiger partial charge in [-0.3, -0.25) is 14.6 Å². The molecule has 33 heavy (non-hydrogen) atoms. The van der Waals surface area contributed by atoms with Crippen LogP contribution in [0.1, 0.15) is 54.3 Å². The summed E-state index contributed by atoms with van der Waals surface area (Å²) < 4.78 is 5.73. The number of benzene rings is 1. The molecule has 0 saturated carbocycles. The first kappa shape index (κ1) is 22.7. The van der Waals surface area contributed by atoms with E-state index < -0.39 is 17.7 Å². The van der Waals surface area contributed by atoms with Gasteiger partial charge in [-0.05, 0) is 59.7 Å². The molecule has 0 bridgehead atoms. The maximum absolute atomic E-state index is 13.2. The number of nitrogens with zero attached hydrogens (tertiary/aromatic N) is 2. The fourth-order valence-electron chi connectivity index (χ4n) is 4.06. The van der Waals surface area contributed by atoms with E-state index in [1.54, 1.807) is 30.6 Å². The number of ketones is 1. The van der Waals surface area contributed by atoms with E-state index in [-0.39, 0.29) is 23.8 Å². The van der Waals surface area contributed by atoms with Gasteiger partial charge in [-0.15, -0.1) is 11.3 Å². The lowest BCUT2D eigenvalue weighted by Gasteiger charge is -2.24. The average Bonchev–Trinajstić information content (AvgIpc) is 3.42. The summed E-state index contributed by atoms with van der Waals surface area (Å²) in [4.78, 5) is 32.7. The lowest BCUT2D eigenvalue weighted by Crippen LogP contribution is -2.28. The monoisotopic (exact) mass is 462 g/mol. The minimum atomic E-state index is -0.685. The van der Waals surface area contributed by atoms with Crippen LogP contribution in [-0.2, 0) is 16.1 Å². The van der Waals surface area contributed by atoms with Crippen molar-refractivity contribution >= 4 is 28.8 Å². The molecule has 1 saturated heterocycles. The molecular formula is C26H26N2O4S. The zero-order chi connectivity index (χ0) is 23.5. The number of hydrogen-bond acceptors (Lipinski definition) is 6. The van der Waals surface area contributed by atoms with Crippen LogP contribution in [0.2, 0.25) is 0 Å². The number of aromatic nitrogens is 1. The molecule has 170 valence electrons. The Hall–Kier alpha value is -3.45. The van der Waals surface area contributed by atoms with Crippen LogP contribution in [0.15, 0.2) is 65.8 Å². The van der Waals surface area contributed by atoms with Gasteiger partial charge in [0.25, 0.3) is 11.7 Å². The van der Waals surface area contributed by atoms with Gasteiger partial charge in [-0.25, -0.2) is 0 Å². The standard InChI is InChI=1S/C26H26N2O4S/c1-4-32-20-10-9-18(13-19(20)16(2)3)24(29)22-23(21-8-6-12-33-21)28(26(31)25(22)30)15-17-7-5-11-27-14-17/h5-14,16,23,29H,4,15H2,1-3H3/b24-22-. The molecule has 1 fully saturated rings. The number of hydrogen-bond donors (Lipinski definition) is 1. The molecule has 1 N–H and O–H groups in total. The molecule has 2 aromatic heterocycles. The van der Waals surface area contributed by atoms with Crippen LogP contribution in [0.5, 0.6) is 5.75 Å². The number of carbonyl (C=O) groups is 2. The van der Waals surface area contributed by atoms with Gasteiger partial charge in [-0.2, -0.15) is 0 Å². The highest BCUT2D eigenvalue weighted by Crippen LogP contribution is 2.42. The van der Waals surface area contributed by atoms with Crippen molar-refractivity contribution in [2.45, 2.75) is 39.3 Å². The van der Waals surface area contributed by atoms with Crippen molar-refractivity contribution in [2.75, 3.05) is 6.61 Å². The van der Waals surface area contributed by atoms with Crippen LogP contribution in [0.3, 0.4) is 0 Å². The van der Waals surface area contributed by atoms with Gasteiger partial charge in [-0.1, -0.05) is 26.0 Å². The van der Waals surface area contributed by atoms with E-state index >= 15 is 0 Å². The number of thiophene rings is 1. The van der Waals surface area contributed by atoms with Gasteiger partial charge in [0, 0.05) is 29.4 Å². The quantitative estimate of drug-likeness (QED) is 0.293. The van der Waals surface area contributed by atoms with Crippen molar-refractivity contribution in [3.05, 3.63) is 87.4 Å². The zero-order valence-electron chi connectivity index (χ0n) is 18.8. The lowest BCUT2D eigenvalue weighted by molar-refractivity contribution is -0.140. The van der Waals surface area contributed by atoms with Crippen LogP contribution in [0, 0.1) is 0 Å². The van der Waals surface area contributed by atoms with Crippen LogP contribution >= 0.6 is 11.3 Å². The van der Waals surface area contributed by atoms with Gasteiger partial charge in [0.2, 0.25) is 0 Å². The SMILES string of the molecule is CCOc1ccc(/C(O)=C2/C(=O)C(=O)N(Cc3cccnc3)C2c2cccs2)cc1C(C)C. The van der Waals surface area contributed by atoms with Crippen molar-refractivity contribution < 1.29 is 19.4 Å². The van der Waals surface area contributed by atoms with Crippen LogP contribution in [-0.4, -0.2) is 33.3 Å². The summed E-state index contributed by atoms with van der Waals surface area (Å²) in [6.45, 7) is 6.75. The van der Waals surface area contributed by atoms with Crippen molar-refractivity contribution in [2.24, 2.45) is 0 Å². The molecule has 1 amide bonds. The molecule has 3 aromatic rings. The Morgan fingerprint density at radius 3 is 2.67 bits per heavy atom. The van der Waals surface area contributed by atoms with Crippen molar-refractivity contribution in [1.82, 2.24) is 9.88 Å². The third-order valence-electron chi connectivity index (χ3n) is 5.63. The summed E-state index contributed by atoms with van der Waals surface area (Å²) >= 11 is 1.44. The number of rotatable bonds is 7. The predicted octanol–water partition coefficient (Wildman–Crippen LogP) is 5.29. The van der Waals surface area contributed by atoms with Gasteiger partial charge in [0.1, 0.15) is 11.5 Å². The van der Waals surface area contributed by atoms with E-state index in [2.05, 4.69) is 4.98 Å². The highest BCUT2D eigenvalue weighted by molar-refractivity contribution is 7.10. The second kappa shape index (κ2) is 9.58. The van der Waals surface area contributed by atoms with Crippen LogP contribution < -0.4 is 4.74 Å². The van der Waals surface area contributed by atoms with Gasteiger partial charge in [0.05, 0.1) is 18.2 Å². The molecule has 1 aliphatic heterocycles. The number of aliphatic hydroxyl groups is 1. The van der Waals surface area contributed by atoms with E-state index in [0.717, 1.165) is 21.8 Å². The fourth-order valence-corrected chi connectivity index (χ4v) is 4.91. The van der Waals surface area contributed by atoms with Crippen molar-refractivity contribution in [3.63, 3.8) is 0 Å². The molecule has 4 rings (SSSR count). The molecule has 0 spiro atoms. The normalized spacial score (nSPS) is 17.7. The Labute approximate surface area is 197 Å². The Balaban J connectivity index is 1.83. The van der Waals surface area contributed by atoms with Crippen molar-refractivity contribution in [1.29, 1.82) is 0 Å². The summed E-state index contributed by atoms with van der Waals surface area (Å²) in [5.41, 5.74) is 2.33. The van der Waals surface area contributed by atoms with Crippen molar-refractivity contribution in [3.8, 4) is 5.75 Å². The Morgan fingerprint density at radius 2 is 2.03 bits per heavy atom. The van der Waals surface area contributed by atoms with Crippen LogP contribution in [0.25, 0.3) is 5.76 Å². The third-order valence-corrected chi connectivity index (χ3v) is 6.56. The minimum Gasteiger partial charge on any atom is -0.507 e. The van der Waals surface area contributed by atoms with E-state index in [1.807, 2.05) is 50.4 Å². The van der Waals surface area contributed by atoms with Crippen LogP contribution in [0.4, 0.5) is 0 Å². The number of ether oxygens (including phenoxy) is 1. The maximum Gasteiger partial charge on any atom is 0.295 e. The second-order valence-electron chi connectivity index (χ2n) is 8.14. The van der Waals surface area contributed by atoms with E-state index in [4.69, 9.17) is 4.74 Å². The Bertz CT molecular complexity index is 1190. The lowest BCUT2D eigenvalue weighted by atomic mass is 9.95. The Kier molecular flexibility index (Phi) is 6.60. The topological polar surface area (TPSA) is 79.7 Å². The molecule has 1 aliphatic rings. The molecule has 0 radical (unpaired) electrons. The highest BCUT2D eigenvalue weighted by atomic mass is 32.1. The number of Topliss-reactive ketones (excluding diaryl/α,β-unsaturated/α-hetero) is 1. The van der Waals surface area contributed by atoms with Gasteiger partial charge in [0.15, 0.2) is 0 Å². The molecule has 1 aromatic carbocycles. The number of aliphatic hydroxyl groups excluding tert-OH is 1. The largest absolute Gasteiger partial charge is 0.507 e. The second-order valence-corrected chi connectivity index (χ2v) is 9.12. The zero-order valence-corrected chi connectivity index (χ0v) is 19.6. The summed E-state index contributed by atoms with van der Waals surface area (Å²) in [5, 5.41) is 13.2. The first-order chi connectivity index (χ1) is 15.9. The van der Waals surface area contributed by atoms with Gasteiger partial charge < -0.3 is 14.7 Å². The molecular weight excluding hydrogens is 436 g/mol. The van der Waals surface area contributed by atoms with E-state index in [0.29, 0.717) is 12.2 Å². The fraction of sp³-hybridized carbons (Fsp3) is 0.269. The smallest absolute Gasteiger partial charge is 0.295 e. The molecule has 1 unspecified atom stereocenters. The maximum atomic E-state index is 13.2. The number of amides is 1. The van der Waals surface area contributed by atoms with Gasteiger partial charge >= 0.3 is 0 Å². The molecule has 0 aliphatic carbocycles. The number of carbonyl (C=O) groups excluding carboxylic acids is 2. The molecule has 7 heteroatoms. The molecule has 3 heterocycles. The summed E-state index contributed by atoms with van der Waals surface area (Å²) in [6.07, 6.45) is 3.33. The summed E-state index contributed by atoms with van der Waals surface area (Å²) in [6, 6.07) is 12.1. The molecule has 6 nitrogen and oxygen atoms in total. The first-order valence-corrected chi connectivity index (χ1v) is 11.8. The average molecular weight is 463 g/mol. The first-order valence-electron chi connectivity index (χ1n) is 10.9. The minimum absolute atomic E-state index is 0.102. The summed E-state index contributed by atoms with van der Waals surface area (Å²) in [5.74, 6) is -0.592. The molecule has 1 atom stereocenters. The van der Waals surface area contributed by atoms with E-state index in [9.17, 15) is 14.7 Å². The summed E-state index contributed by atoms with van der Waals surface area (Å²) in [7, 11) is 0. The number of pyridine rings is 1. The third kappa shape index (κ3) is 4.41. The highest BCUT2D eigenvalue weighted by Gasteiger charge is 2.46. The Morgan fingerprint density at radius 1 is 1.21 bits per heavy atom. The predicted molar refractivity (Wildman–Crippen MR) is 128 cm³/mol. The van der Waals surface area contributed by atoms with E-state index in [1.165, 1.54) is 16.2 Å².